The smallest absolute Gasteiger partial charge is 0.303 e. The highest BCUT2D eigenvalue weighted by molar-refractivity contribution is 8.26. The van der Waals surface area contributed by atoms with Gasteiger partial charge in [0.1, 0.15) is 16.7 Å². The fraction of sp³-hybridized carbons (Fsp3) is 0.160. The van der Waals surface area contributed by atoms with E-state index in [1.807, 2.05) is 59.3 Å². The highest BCUT2D eigenvalue weighted by atomic mass is 32.2. The van der Waals surface area contributed by atoms with Gasteiger partial charge in [0.15, 0.2) is 0 Å². The minimum absolute atomic E-state index is 0.0179. The van der Waals surface area contributed by atoms with Crippen LogP contribution in [0.2, 0.25) is 0 Å². The molecule has 0 saturated carbocycles. The summed E-state index contributed by atoms with van der Waals surface area (Å²) < 4.78 is 8.42. The maximum absolute atomic E-state index is 13.1. The molecule has 1 fully saturated rings. The first-order valence-corrected chi connectivity index (χ1v) is 12.1. The second-order valence-corrected chi connectivity index (χ2v) is 9.55. The molecular formula is C25H20N4O4S2. The Kier molecular flexibility index (Phi) is 6.47. The average Bonchev–Trinajstić information content (AvgIpc) is 3.39. The molecule has 4 aromatic rings. The van der Waals surface area contributed by atoms with Crippen molar-refractivity contribution in [2.75, 3.05) is 6.54 Å². The predicted molar refractivity (Wildman–Crippen MR) is 138 cm³/mol. The van der Waals surface area contributed by atoms with E-state index in [9.17, 15) is 9.59 Å². The van der Waals surface area contributed by atoms with Gasteiger partial charge in [-0.15, -0.1) is 0 Å². The number of hydrogen-bond donors (Lipinski definition) is 1. The number of imidazole rings is 1. The van der Waals surface area contributed by atoms with Crippen molar-refractivity contribution in [3.05, 3.63) is 77.2 Å². The van der Waals surface area contributed by atoms with Gasteiger partial charge in [0, 0.05) is 37.1 Å². The summed E-state index contributed by atoms with van der Waals surface area (Å²) in [7, 11) is 0. The van der Waals surface area contributed by atoms with Crippen LogP contribution >= 0.6 is 24.0 Å². The molecule has 0 aliphatic carbocycles. The number of nitrogens with zero attached hydrogens (tertiary/aromatic N) is 4. The summed E-state index contributed by atoms with van der Waals surface area (Å²) in [5, 5.41) is 10.9. The molecule has 0 atom stereocenters. The lowest BCUT2D eigenvalue weighted by atomic mass is 10.0. The van der Waals surface area contributed by atoms with Crippen LogP contribution in [0.25, 0.3) is 22.6 Å². The summed E-state index contributed by atoms with van der Waals surface area (Å²) in [4.78, 5) is 34.6. The molecule has 0 unspecified atom stereocenters. The molecule has 0 bridgehead atoms. The first-order valence-electron chi connectivity index (χ1n) is 10.9. The molecule has 1 amide bonds. The van der Waals surface area contributed by atoms with Crippen molar-refractivity contribution in [3.63, 3.8) is 0 Å². The summed E-state index contributed by atoms with van der Waals surface area (Å²) in [5.74, 6) is 0.0851. The van der Waals surface area contributed by atoms with E-state index in [-0.39, 0.29) is 25.5 Å². The van der Waals surface area contributed by atoms with Crippen LogP contribution in [0.3, 0.4) is 0 Å². The molecule has 5 rings (SSSR count). The number of carbonyl (C=O) groups is 2. The lowest BCUT2D eigenvalue weighted by molar-refractivity contribution is -0.137. The monoisotopic (exact) mass is 504 g/mol. The van der Waals surface area contributed by atoms with Gasteiger partial charge in [-0.3, -0.25) is 18.9 Å². The van der Waals surface area contributed by atoms with E-state index in [4.69, 9.17) is 22.1 Å². The number of thioether (sulfide) groups is 1. The van der Waals surface area contributed by atoms with Gasteiger partial charge in [-0.2, -0.15) is 0 Å². The SMILES string of the molecule is O=C(O)CCCN1C(=O)/C(=C/c2c(OCc3cn4cccnc4n3)ccc3ccccc23)SC1=S. The zero-order chi connectivity index (χ0) is 24.4. The van der Waals surface area contributed by atoms with Crippen LogP contribution in [-0.4, -0.2) is 47.1 Å². The zero-order valence-electron chi connectivity index (χ0n) is 18.5. The number of fused-ring (bicyclic) bond motifs is 2. The third kappa shape index (κ3) is 4.89. The van der Waals surface area contributed by atoms with E-state index in [0.717, 1.165) is 22.0 Å². The number of ether oxygens (including phenoxy) is 1. The lowest BCUT2D eigenvalue weighted by Gasteiger charge is -2.13. The van der Waals surface area contributed by atoms with Crippen LogP contribution in [0, 0.1) is 0 Å². The van der Waals surface area contributed by atoms with Crippen molar-refractivity contribution in [3.8, 4) is 5.75 Å². The van der Waals surface area contributed by atoms with Crippen molar-refractivity contribution in [2.45, 2.75) is 19.4 Å². The molecular weight excluding hydrogens is 484 g/mol. The van der Waals surface area contributed by atoms with Crippen molar-refractivity contribution in [1.29, 1.82) is 0 Å². The number of aliphatic carboxylic acids is 1. The molecule has 10 heteroatoms. The van der Waals surface area contributed by atoms with E-state index >= 15 is 0 Å². The van der Waals surface area contributed by atoms with Crippen molar-refractivity contribution >= 4 is 62.8 Å². The summed E-state index contributed by atoms with van der Waals surface area (Å²) >= 11 is 6.61. The molecule has 1 N–H and O–H groups in total. The Bertz CT molecular complexity index is 1460. The van der Waals surface area contributed by atoms with Gasteiger partial charge in [0.2, 0.25) is 5.78 Å². The highest BCUT2D eigenvalue weighted by Crippen LogP contribution is 2.37. The Morgan fingerprint density at radius 3 is 2.89 bits per heavy atom. The zero-order valence-corrected chi connectivity index (χ0v) is 20.1. The van der Waals surface area contributed by atoms with Gasteiger partial charge in [-0.25, -0.2) is 9.97 Å². The molecule has 35 heavy (non-hydrogen) atoms. The second-order valence-electron chi connectivity index (χ2n) is 7.88. The Morgan fingerprint density at radius 2 is 2.06 bits per heavy atom. The summed E-state index contributed by atoms with van der Waals surface area (Å²) in [5.41, 5.74) is 1.50. The first kappa shape index (κ1) is 23.0. The summed E-state index contributed by atoms with van der Waals surface area (Å²) in [6, 6.07) is 13.6. The maximum atomic E-state index is 13.1. The number of thiocarbonyl (C=S) groups is 1. The molecule has 2 aromatic carbocycles. The fourth-order valence-electron chi connectivity index (χ4n) is 3.86. The minimum Gasteiger partial charge on any atom is -0.487 e. The molecule has 1 aliphatic rings. The molecule has 3 heterocycles. The first-order chi connectivity index (χ1) is 17.0. The third-order valence-corrected chi connectivity index (χ3v) is 6.89. The van der Waals surface area contributed by atoms with Crippen LogP contribution in [0.4, 0.5) is 0 Å². The normalized spacial score (nSPS) is 15.0. The lowest BCUT2D eigenvalue weighted by Crippen LogP contribution is -2.29. The Morgan fingerprint density at radius 1 is 1.20 bits per heavy atom. The van der Waals surface area contributed by atoms with E-state index in [2.05, 4.69) is 9.97 Å². The Labute approximate surface area is 210 Å². The topological polar surface area (TPSA) is 97.0 Å². The van der Waals surface area contributed by atoms with Crippen LogP contribution in [0.1, 0.15) is 24.1 Å². The largest absolute Gasteiger partial charge is 0.487 e. The standard InChI is InChI=1S/C25H20N4O4S2/c30-22(31)7-3-12-29-23(32)21(35-25(29)34)13-19-18-6-2-1-5-16(18)8-9-20(19)33-15-17-14-28-11-4-10-26-24(28)27-17/h1-2,4-6,8-11,13-14H,3,7,12,15H2,(H,30,31)/b21-13-. The average molecular weight is 505 g/mol. The number of rotatable bonds is 8. The van der Waals surface area contributed by atoms with E-state index in [0.29, 0.717) is 27.2 Å². The number of amides is 1. The van der Waals surface area contributed by atoms with Gasteiger partial charge in [0.25, 0.3) is 5.91 Å². The number of hydrogen-bond acceptors (Lipinski definition) is 7. The molecule has 0 radical (unpaired) electrons. The number of carbonyl (C=O) groups excluding carboxylic acids is 1. The van der Waals surface area contributed by atoms with Crippen LogP contribution in [-0.2, 0) is 16.2 Å². The third-order valence-electron chi connectivity index (χ3n) is 5.51. The molecule has 0 spiro atoms. The fourth-order valence-corrected chi connectivity index (χ4v) is 5.15. The Hall–Kier alpha value is -3.76. The van der Waals surface area contributed by atoms with Gasteiger partial charge >= 0.3 is 5.97 Å². The number of carboxylic acids is 1. The second kappa shape index (κ2) is 9.85. The van der Waals surface area contributed by atoms with E-state index in [1.165, 1.54) is 16.7 Å². The molecule has 1 aliphatic heterocycles. The highest BCUT2D eigenvalue weighted by Gasteiger charge is 2.32. The summed E-state index contributed by atoms with van der Waals surface area (Å²) in [6.45, 7) is 0.508. The number of aromatic nitrogens is 3. The Balaban J connectivity index is 1.45. The summed E-state index contributed by atoms with van der Waals surface area (Å²) in [6.07, 6.45) is 7.55. The maximum Gasteiger partial charge on any atom is 0.303 e. The van der Waals surface area contributed by atoms with Gasteiger partial charge < -0.3 is 9.84 Å². The number of benzene rings is 2. The van der Waals surface area contributed by atoms with Gasteiger partial charge in [0.05, 0.1) is 10.6 Å². The van der Waals surface area contributed by atoms with E-state index < -0.39 is 5.97 Å². The van der Waals surface area contributed by atoms with Crippen molar-refractivity contribution in [1.82, 2.24) is 19.3 Å². The van der Waals surface area contributed by atoms with Gasteiger partial charge in [-0.05, 0) is 35.4 Å². The molecule has 1 saturated heterocycles. The number of carboxylic acid groups (broad SMARTS) is 1. The molecule has 8 nitrogen and oxygen atoms in total. The predicted octanol–water partition coefficient (Wildman–Crippen LogP) is 4.53. The minimum atomic E-state index is -0.898. The van der Waals surface area contributed by atoms with Crippen LogP contribution in [0.15, 0.2) is 66.0 Å². The van der Waals surface area contributed by atoms with Crippen LogP contribution in [0.5, 0.6) is 5.75 Å². The van der Waals surface area contributed by atoms with Gasteiger partial charge in [-0.1, -0.05) is 54.3 Å². The van der Waals surface area contributed by atoms with Crippen molar-refractivity contribution in [2.24, 2.45) is 0 Å². The molecule has 2 aromatic heterocycles. The van der Waals surface area contributed by atoms with Crippen molar-refractivity contribution < 1.29 is 19.4 Å². The quantitative estimate of drug-likeness (QED) is 0.276. The van der Waals surface area contributed by atoms with E-state index in [1.54, 1.807) is 12.3 Å². The molecule has 176 valence electrons. The van der Waals surface area contributed by atoms with Crippen LogP contribution < -0.4 is 4.74 Å².